The Bertz CT molecular complexity index is 73.7. The third-order valence-corrected chi connectivity index (χ3v) is 0. The van der Waals surface area contributed by atoms with Gasteiger partial charge in [0.15, 0.2) is 0 Å². The van der Waals surface area contributed by atoms with Crippen molar-refractivity contribution in [2.45, 2.75) is 0 Å². The largest absolute Gasteiger partial charge is 2.00 e. The molecular formula is CuMnN2O6+2. The molecule has 0 unspecified atom stereocenters. The normalized spacial score (nSPS) is 4.80. The Morgan fingerprint density at radius 2 is 0.800 bits per heavy atom. The molecule has 0 N–H and O–H groups in total. The summed E-state index contributed by atoms with van der Waals surface area (Å²) in [6, 6.07) is 0. The monoisotopic (exact) mass is 242 g/mol. The summed E-state index contributed by atoms with van der Waals surface area (Å²) in [5.74, 6) is 0. The number of hydrogen-bond donors (Lipinski definition) is 0. The Labute approximate surface area is 75.4 Å². The van der Waals surface area contributed by atoms with Gasteiger partial charge in [0.2, 0.25) is 0 Å². The first-order valence-corrected chi connectivity index (χ1v) is 1.10. The van der Waals surface area contributed by atoms with Crippen LogP contribution in [-0.2, 0) is 34.1 Å². The Morgan fingerprint density at radius 1 is 0.800 bits per heavy atom. The maximum Gasteiger partial charge on any atom is 2.00 e. The van der Waals surface area contributed by atoms with E-state index in [0.717, 1.165) is 0 Å². The van der Waals surface area contributed by atoms with E-state index in [4.69, 9.17) is 30.6 Å². The van der Waals surface area contributed by atoms with E-state index in [0.29, 0.717) is 0 Å². The predicted molar refractivity (Wildman–Crippen MR) is 20.7 cm³/mol. The average Bonchev–Trinajstić information content (AvgIpc) is 1.25. The third kappa shape index (κ3) is 980. The van der Waals surface area contributed by atoms with Crippen LogP contribution in [0.5, 0.6) is 0 Å². The van der Waals surface area contributed by atoms with Gasteiger partial charge < -0.3 is 30.6 Å². The summed E-state index contributed by atoms with van der Waals surface area (Å²) in [5.41, 5.74) is 0. The SMILES string of the molecule is O=[N+]([O-])[O-].O=[N+]([O-])[O-].[Cu+2].[Mn+2]. The van der Waals surface area contributed by atoms with Crippen molar-refractivity contribution in [1.82, 2.24) is 0 Å². The smallest absolute Gasteiger partial charge is 0.356 e. The van der Waals surface area contributed by atoms with E-state index < -0.39 is 10.2 Å². The van der Waals surface area contributed by atoms with Gasteiger partial charge in [0.25, 0.3) is 0 Å². The van der Waals surface area contributed by atoms with Crippen molar-refractivity contribution in [3.05, 3.63) is 30.6 Å². The van der Waals surface area contributed by atoms with Crippen molar-refractivity contribution in [2.24, 2.45) is 0 Å². The maximum absolute atomic E-state index is 8.25. The van der Waals surface area contributed by atoms with Crippen LogP contribution in [0.4, 0.5) is 0 Å². The van der Waals surface area contributed by atoms with Crippen LogP contribution in [0.15, 0.2) is 0 Å². The van der Waals surface area contributed by atoms with Crippen LogP contribution in [0.1, 0.15) is 0 Å². The molecule has 0 heterocycles. The van der Waals surface area contributed by atoms with Crippen molar-refractivity contribution in [1.29, 1.82) is 0 Å². The summed E-state index contributed by atoms with van der Waals surface area (Å²) < 4.78 is 0. The first kappa shape index (κ1) is 22.7. The molecule has 0 aromatic rings. The molecule has 10 heavy (non-hydrogen) atoms. The molecule has 8 nitrogen and oxygen atoms in total. The third-order valence-electron chi connectivity index (χ3n) is 0. The molecule has 62 valence electrons. The summed E-state index contributed by atoms with van der Waals surface area (Å²) in [4.78, 5) is 16.5. The van der Waals surface area contributed by atoms with Gasteiger partial charge in [0, 0.05) is 0 Å². The van der Waals surface area contributed by atoms with E-state index in [1.807, 2.05) is 0 Å². The van der Waals surface area contributed by atoms with Crippen molar-refractivity contribution < 1.29 is 44.3 Å². The average molecular weight is 242 g/mol. The maximum atomic E-state index is 8.25. The zero-order valence-electron chi connectivity index (χ0n) is 4.02. The molecule has 0 saturated heterocycles. The first-order chi connectivity index (χ1) is 3.46. The zero-order chi connectivity index (χ0) is 7.15. The topological polar surface area (TPSA) is 132 Å². The molecular weight excluding hydrogens is 242 g/mol. The molecule has 0 aliphatic rings. The van der Waals surface area contributed by atoms with Gasteiger partial charge in [-0.3, -0.25) is 0 Å². The molecule has 0 saturated carbocycles. The van der Waals surface area contributed by atoms with E-state index >= 15 is 0 Å². The van der Waals surface area contributed by atoms with Gasteiger partial charge in [-0.15, -0.1) is 0 Å². The summed E-state index contributed by atoms with van der Waals surface area (Å²) in [5, 5.41) is 29.5. The van der Waals surface area contributed by atoms with Crippen molar-refractivity contribution in [3.63, 3.8) is 0 Å². The second-order valence-corrected chi connectivity index (χ2v) is 0.447. The fourth-order valence-electron chi connectivity index (χ4n) is 0. The van der Waals surface area contributed by atoms with Gasteiger partial charge in [0.1, 0.15) is 0 Å². The summed E-state index contributed by atoms with van der Waals surface area (Å²) >= 11 is 0. The zero-order valence-corrected chi connectivity index (χ0v) is 6.15. The van der Waals surface area contributed by atoms with Crippen LogP contribution >= 0.6 is 0 Å². The molecule has 0 spiro atoms. The minimum Gasteiger partial charge on any atom is -0.356 e. The summed E-state index contributed by atoms with van der Waals surface area (Å²) in [7, 11) is 0. The van der Waals surface area contributed by atoms with Crippen LogP contribution in [0.25, 0.3) is 0 Å². The Kier molecular flexibility index (Phi) is 35.9. The van der Waals surface area contributed by atoms with Crippen LogP contribution < -0.4 is 0 Å². The summed E-state index contributed by atoms with van der Waals surface area (Å²) in [6.45, 7) is 0. The van der Waals surface area contributed by atoms with Gasteiger partial charge in [0.05, 0.1) is 10.2 Å². The fourth-order valence-corrected chi connectivity index (χ4v) is 0. The molecule has 0 bridgehead atoms. The van der Waals surface area contributed by atoms with Crippen molar-refractivity contribution in [2.75, 3.05) is 0 Å². The molecule has 0 aliphatic carbocycles. The summed E-state index contributed by atoms with van der Waals surface area (Å²) in [6.07, 6.45) is 0. The molecule has 0 fully saturated rings. The van der Waals surface area contributed by atoms with Gasteiger partial charge >= 0.3 is 34.1 Å². The van der Waals surface area contributed by atoms with Crippen molar-refractivity contribution in [3.8, 4) is 0 Å². The van der Waals surface area contributed by atoms with E-state index in [1.165, 1.54) is 0 Å². The molecule has 0 aromatic carbocycles. The minimum atomic E-state index is -1.75. The second kappa shape index (κ2) is 15.8. The van der Waals surface area contributed by atoms with Gasteiger partial charge in [-0.05, 0) is 0 Å². The Morgan fingerprint density at radius 3 is 0.800 bits per heavy atom. The number of nitrogens with zero attached hydrogens (tertiary/aromatic N) is 2. The van der Waals surface area contributed by atoms with E-state index in [1.54, 1.807) is 0 Å². The van der Waals surface area contributed by atoms with Crippen LogP contribution in [0.3, 0.4) is 0 Å². The first-order valence-electron chi connectivity index (χ1n) is 1.10. The quantitative estimate of drug-likeness (QED) is 0.320. The molecule has 0 aliphatic heterocycles. The van der Waals surface area contributed by atoms with Crippen LogP contribution in [-0.4, -0.2) is 10.2 Å². The van der Waals surface area contributed by atoms with Gasteiger partial charge in [-0.2, -0.15) is 0 Å². The molecule has 10 heteroatoms. The molecule has 0 amide bonds. The van der Waals surface area contributed by atoms with Crippen molar-refractivity contribution >= 4 is 0 Å². The second-order valence-electron chi connectivity index (χ2n) is 0.447. The standard InChI is InChI=1S/Cu.Mn.2NO3/c;;2*2-1(3)4/q2*+2;2*-1. The molecule has 0 rings (SSSR count). The van der Waals surface area contributed by atoms with Gasteiger partial charge in [-0.1, -0.05) is 0 Å². The predicted octanol–water partition coefficient (Wildman–Crippen LogP) is -0.483. The van der Waals surface area contributed by atoms with E-state index in [-0.39, 0.29) is 34.1 Å². The van der Waals surface area contributed by atoms with Crippen LogP contribution in [0, 0.1) is 30.6 Å². The molecule has 0 atom stereocenters. The Balaban J connectivity index is -0.0000000300. The molecule has 0 aromatic heterocycles. The van der Waals surface area contributed by atoms with Crippen LogP contribution in [0.2, 0.25) is 0 Å². The number of rotatable bonds is 0. The van der Waals surface area contributed by atoms with E-state index in [9.17, 15) is 0 Å². The Hall–Kier alpha value is -0.561. The number of hydrogen-bond acceptors (Lipinski definition) is 6. The van der Waals surface area contributed by atoms with Gasteiger partial charge in [-0.25, -0.2) is 0 Å². The van der Waals surface area contributed by atoms with E-state index in [2.05, 4.69) is 0 Å². The minimum absolute atomic E-state index is 0. The molecule has 2 radical (unpaired) electrons. The fraction of sp³-hybridized carbons (Fsp3) is 0.